The molecular weight excluding hydrogens is 282 g/mol. The number of aliphatic hydroxyl groups is 2. The number of nitrogens with one attached hydrogen (secondary N) is 1. The summed E-state index contributed by atoms with van der Waals surface area (Å²) in [5.74, 6) is 0. The third kappa shape index (κ3) is 8.03. The van der Waals surface area contributed by atoms with Gasteiger partial charge in [-0.25, -0.2) is 0 Å². The van der Waals surface area contributed by atoms with Gasteiger partial charge in [0.05, 0.1) is 18.1 Å². The first-order chi connectivity index (χ1) is 9.47. The first kappa shape index (κ1) is 18.8. The van der Waals surface area contributed by atoms with Gasteiger partial charge in [0.25, 0.3) is 10.1 Å². The molecule has 0 atom stereocenters. The molecule has 4 N–H and O–H groups in total. The minimum absolute atomic E-state index is 0.0464. The van der Waals surface area contributed by atoms with Crippen molar-refractivity contribution in [3.63, 3.8) is 0 Å². The minimum atomic E-state index is -4.10. The second-order valence-electron chi connectivity index (χ2n) is 3.77. The average Bonchev–Trinajstić information content (AvgIpc) is 2.40. The fourth-order valence-electron chi connectivity index (χ4n) is 1.36. The van der Waals surface area contributed by atoms with Crippen molar-refractivity contribution < 1.29 is 23.2 Å². The van der Waals surface area contributed by atoms with Crippen LogP contribution in [-0.4, -0.2) is 49.5 Å². The van der Waals surface area contributed by atoms with Crippen molar-refractivity contribution >= 4 is 10.1 Å². The fraction of sp³-hybridized carbons (Fsp3) is 0.385. The van der Waals surface area contributed by atoms with Crippen molar-refractivity contribution in [1.82, 2.24) is 5.32 Å². The molecule has 1 aromatic rings. The van der Waals surface area contributed by atoms with Crippen molar-refractivity contribution in [3.8, 4) is 0 Å². The first-order valence-corrected chi connectivity index (χ1v) is 7.50. The van der Waals surface area contributed by atoms with Crippen molar-refractivity contribution in [1.29, 1.82) is 0 Å². The molecule has 0 heterocycles. The number of aliphatic hydroxyl groups excluding tert-OH is 2. The molecule has 0 bridgehead atoms. The van der Waals surface area contributed by atoms with Crippen LogP contribution < -0.4 is 5.32 Å². The van der Waals surface area contributed by atoms with Crippen LogP contribution in [0.15, 0.2) is 41.8 Å². The number of hydrogen-bond acceptors (Lipinski definition) is 5. The molecule has 0 spiro atoms. The summed E-state index contributed by atoms with van der Waals surface area (Å²) in [6, 6.07) is 6.29. The van der Waals surface area contributed by atoms with E-state index in [4.69, 9.17) is 14.8 Å². The molecule has 0 saturated heterocycles. The predicted octanol–water partition coefficient (Wildman–Crippen LogP) is 0.222. The van der Waals surface area contributed by atoms with E-state index in [2.05, 4.69) is 11.9 Å². The Morgan fingerprint density at radius 2 is 1.70 bits per heavy atom. The molecule has 114 valence electrons. The molecule has 0 radical (unpaired) electrons. The lowest BCUT2D eigenvalue weighted by molar-refractivity contribution is 0.266. The van der Waals surface area contributed by atoms with Crippen molar-refractivity contribution in [2.75, 3.05) is 26.3 Å². The summed E-state index contributed by atoms with van der Waals surface area (Å²) in [6.45, 7) is 4.92. The number of benzene rings is 1. The van der Waals surface area contributed by atoms with Crippen LogP contribution >= 0.6 is 0 Å². The van der Waals surface area contributed by atoms with E-state index in [-0.39, 0.29) is 18.1 Å². The molecule has 0 saturated carbocycles. The highest BCUT2D eigenvalue weighted by Crippen LogP contribution is 2.15. The Kier molecular flexibility index (Phi) is 9.87. The summed E-state index contributed by atoms with van der Waals surface area (Å²) in [5.41, 5.74) is 0.556. The van der Waals surface area contributed by atoms with Gasteiger partial charge in [-0.2, -0.15) is 8.42 Å². The van der Waals surface area contributed by atoms with Crippen LogP contribution in [0.4, 0.5) is 0 Å². The van der Waals surface area contributed by atoms with Crippen LogP contribution in [0.2, 0.25) is 0 Å². The second kappa shape index (κ2) is 10.5. The Balaban J connectivity index is 0.000000441. The molecule has 20 heavy (non-hydrogen) atoms. The molecule has 6 nitrogen and oxygen atoms in total. The predicted molar refractivity (Wildman–Crippen MR) is 77.2 cm³/mol. The lowest BCUT2D eigenvalue weighted by atomic mass is 10.1. The minimum Gasteiger partial charge on any atom is -0.395 e. The molecule has 1 rings (SSSR count). The topological polar surface area (TPSA) is 107 Å². The number of hydrogen-bond donors (Lipinski definition) is 4. The van der Waals surface area contributed by atoms with E-state index < -0.39 is 10.1 Å². The molecule has 0 aromatic heterocycles. The molecule has 0 aliphatic heterocycles. The van der Waals surface area contributed by atoms with E-state index >= 15 is 0 Å². The third-order valence-electron chi connectivity index (χ3n) is 2.19. The second-order valence-corrected chi connectivity index (χ2v) is 5.16. The standard InChI is InChI=1S/C9H10O3S.C4H11NO2/c1-2-5-8-6-3-4-7-9(8)13(10,11)12;6-3-1-5-2-4-7/h2-4,6-7H,1,5H2,(H,10,11,12);5-7H,1-4H2. The highest BCUT2D eigenvalue weighted by Gasteiger charge is 2.12. The summed E-state index contributed by atoms with van der Waals surface area (Å²) in [5, 5.41) is 19.1. The van der Waals surface area contributed by atoms with Gasteiger partial charge in [0.15, 0.2) is 0 Å². The van der Waals surface area contributed by atoms with E-state index in [1.54, 1.807) is 24.3 Å². The van der Waals surface area contributed by atoms with E-state index in [1.807, 2.05) is 0 Å². The third-order valence-corrected chi connectivity index (χ3v) is 3.15. The van der Waals surface area contributed by atoms with Crippen molar-refractivity contribution in [3.05, 3.63) is 42.5 Å². The fourth-order valence-corrected chi connectivity index (χ4v) is 2.10. The van der Waals surface area contributed by atoms with Crippen LogP contribution in [0, 0.1) is 0 Å². The molecule has 0 aliphatic rings. The maximum atomic E-state index is 10.8. The Morgan fingerprint density at radius 3 is 2.15 bits per heavy atom. The molecular formula is C13H21NO5S. The van der Waals surface area contributed by atoms with Crippen LogP contribution in [0.5, 0.6) is 0 Å². The number of allylic oxidation sites excluding steroid dienone is 1. The van der Waals surface area contributed by atoms with Gasteiger partial charge < -0.3 is 15.5 Å². The molecule has 0 fully saturated rings. The normalized spacial score (nSPS) is 10.6. The molecule has 7 heteroatoms. The zero-order valence-electron chi connectivity index (χ0n) is 11.2. The van der Waals surface area contributed by atoms with Crippen LogP contribution in [-0.2, 0) is 16.5 Å². The SMILES string of the molecule is C=CCc1ccccc1S(=O)(=O)O.OCCNCCO. The lowest BCUT2D eigenvalue weighted by Crippen LogP contribution is -2.21. The molecule has 0 unspecified atom stereocenters. The van der Waals surface area contributed by atoms with Crippen LogP contribution in [0.1, 0.15) is 5.56 Å². The Bertz CT molecular complexity index is 483. The summed E-state index contributed by atoms with van der Waals surface area (Å²) in [4.78, 5) is -0.0464. The van der Waals surface area contributed by atoms with Crippen LogP contribution in [0.3, 0.4) is 0 Å². The van der Waals surface area contributed by atoms with Gasteiger partial charge in [-0.3, -0.25) is 4.55 Å². The lowest BCUT2D eigenvalue weighted by Gasteiger charge is -2.02. The zero-order chi connectivity index (χ0) is 15.4. The average molecular weight is 303 g/mol. The van der Waals surface area contributed by atoms with Crippen LogP contribution in [0.25, 0.3) is 0 Å². The van der Waals surface area contributed by atoms with Gasteiger partial charge in [-0.1, -0.05) is 24.3 Å². The Morgan fingerprint density at radius 1 is 1.15 bits per heavy atom. The van der Waals surface area contributed by atoms with Gasteiger partial charge >= 0.3 is 0 Å². The highest BCUT2D eigenvalue weighted by molar-refractivity contribution is 7.85. The maximum Gasteiger partial charge on any atom is 0.294 e. The van der Waals surface area contributed by atoms with Gasteiger partial charge in [0, 0.05) is 13.1 Å². The summed E-state index contributed by atoms with van der Waals surface area (Å²) < 4.78 is 30.5. The first-order valence-electron chi connectivity index (χ1n) is 6.06. The van der Waals surface area contributed by atoms with Crippen molar-refractivity contribution in [2.45, 2.75) is 11.3 Å². The largest absolute Gasteiger partial charge is 0.395 e. The molecule has 1 aromatic carbocycles. The molecule has 0 aliphatic carbocycles. The zero-order valence-corrected chi connectivity index (χ0v) is 12.0. The summed E-state index contributed by atoms with van der Waals surface area (Å²) in [7, 11) is -4.10. The Hall–Kier alpha value is -1.25. The van der Waals surface area contributed by atoms with Gasteiger partial charge in [-0.15, -0.1) is 6.58 Å². The monoisotopic (exact) mass is 303 g/mol. The van der Waals surface area contributed by atoms with Gasteiger partial charge in [0.1, 0.15) is 0 Å². The van der Waals surface area contributed by atoms with Gasteiger partial charge in [0.2, 0.25) is 0 Å². The summed E-state index contributed by atoms with van der Waals surface area (Å²) >= 11 is 0. The quantitative estimate of drug-likeness (QED) is 0.326. The van der Waals surface area contributed by atoms with E-state index in [0.717, 1.165) is 0 Å². The maximum absolute atomic E-state index is 10.8. The number of rotatable bonds is 7. The van der Waals surface area contributed by atoms with Gasteiger partial charge in [-0.05, 0) is 18.1 Å². The van der Waals surface area contributed by atoms with E-state index in [9.17, 15) is 8.42 Å². The smallest absolute Gasteiger partial charge is 0.294 e. The summed E-state index contributed by atoms with van der Waals surface area (Å²) in [6.07, 6.45) is 2.01. The van der Waals surface area contributed by atoms with Crippen molar-refractivity contribution in [2.24, 2.45) is 0 Å². The molecule has 0 amide bonds. The van der Waals surface area contributed by atoms with E-state index in [0.29, 0.717) is 25.1 Å². The van der Waals surface area contributed by atoms with E-state index in [1.165, 1.54) is 6.07 Å². The Labute approximate surface area is 119 Å². The highest BCUT2D eigenvalue weighted by atomic mass is 32.2.